The van der Waals surface area contributed by atoms with Gasteiger partial charge in [0.15, 0.2) is 0 Å². The maximum atomic E-state index is 12.4. The van der Waals surface area contributed by atoms with Gasteiger partial charge >= 0.3 is 0 Å². The Hall–Kier alpha value is -1.82. The predicted molar refractivity (Wildman–Crippen MR) is 85.4 cm³/mol. The second-order valence-corrected chi connectivity index (χ2v) is 5.64. The van der Waals surface area contributed by atoms with Gasteiger partial charge in [0.1, 0.15) is 17.3 Å². The number of nitrogens with one attached hydrogen (secondary N) is 2. The van der Waals surface area contributed by atoms with Crippen LogP contribution in [0.25, 0.3) is 0 Å². The Morgan fingerprint density at radius 3 is 2.86 bits per heavy atom. The average Bonchev–Trinajstić information content (AvgIpc) is 2.87. The number of hydrogen-bond acceptors (Lipinski definition) is 4. The fraction of sp³-hybridized carbons (Fsp3) is 0.333. The Balaban J connectivity index is 2.18. The van der Waals surface area contributed by atoms with E-state index in [0.29, 0.717) is 17.9 Å². The molecule has 2 N–H and O–H groups in total. The zero-order chi connectivity index (χ0) is 15.4. The lowest BCUT2D eigenvalue weighted by molar-refractivity contribution is 0.0935. The molecule has 2 heterocycles. The normalized spacial score (nSPS) is 12.0. The van der Waals surface area contributed by atoms with E-state index in [9.17, 15) is 4.79 Å². The molecule has 112 valence electrons. The molecule has 2 rings (SSSR count). The third kappa shape index (κ3) is 3.85. The van der Waals surface area contributed by atoms with Crippen molar-refractivity contribution in [1.29, 1.82) is 0 Å². The molecule has 2 aromatic heterocycles. The van der Waals surface area contributed by atoms with Crippen molar-refractivity contribution >= 4 is 27.7 Å². The standard InChI is InChI=1S/C15H18BrN3O2/c1-4-17-14-12(7-11(16)8-18-14)15(20)19-10(3)13-6-5-9(2)21-13/h5-8,10H,4H2,1-3H3,(H,17,18)(H,19,20). The van der Waals surface area contributed by atoms with Crippen molar-refractivity contribution in [3.63, 3.8) is 0 Å². The van der Waals surface area contributed by atoms with Crippen LogP contribution in [0.5, 0.6) is 0 Å². The number of carbonyl (C=O) groups excluding carboxylic acids is 1. The number of pyridine rings is 1. The van der Waals surface area contributed by atoms with E-state index in [-0.39, 0.29) is 11.9 Å². The van der Waals surface area contributed by atoms with E-state index in [4.69, 9.17) is 4.42 Å². The summed E-state index contributed by atoms with van der Waals surface area (Å²) >= 11 is 3.34. The fourth-order valence-electron chi connectivity index (χ4n) is 1.95. The summed E-state index contributed by atoms with van der Waals surface area (Å²) in [6, 6.07) is 5.29. The Bertz CT molecular complexity index is 640. The van der Waals surface area contributed by atoms with E-state index in [1.807, 2.05) is 32.9 Å². The zero-order valence-corrected chi connectivity index (χ0v) is 13.8. The fourth-order valence-corrected chi connectivity index (χ4v) is 2.28. The highest BCUT2D eigenvalue weighted by molar-refractivity contribution is 9.10. The molecule has 0 aliphatic carbocycles. The van der Waals surface area contributed by atoms with E-state index >= 15 is 0 Å². The van der Waals surface area contributed by atoms with Crippen LogP contribution >= 0.6 is 15.9 Å². The van der Waals surface area contributed by atoms with Crippen molar-refractivity contribution in [3.8, 4) is 0 Å². The number of aromatic nitrogens is 1. The smallest absolute Gasteiger partial charge is 0.255 e. The van der Waals surface area contributed by atoms with Crippen LogP contribution in [0.1, 0.15) is 41.8 Å². The molecule has 0 radical (unpaired) electrons. The highest BCUT2D eigenvalue weighted by Crippen LogP contribution is 2.20. The first-order chi connectivity index (χ1) is 10.0. The maximum absolute atomic E-state index is 12.4. The van der Waals surface area contributed by atoms with Gasteiger partial charge in [-0.3, -0.25) is 4.79 Å². The van der Waals surface area contributed by atoms with Gasteiger partial charge in [-0.2, -0.15) is 0 Å². The number of nitrogens with zero attached hydrogens (tertiary/aromatic N) is 1. The molecular formula is C15H18BrN3O2. The summed E-state index contributed by atoms with van der Waals surface area (Å²) in [5.74, 6) is 1.93. The number of anilines is 1. The number of carbonyl (C=O) groups is 1. The van der Waals surface area contributed by atoms with E-state index in [2.05, 4.69) is 31.5 Å². The molecule has 6 heteroatoms. The number of hydrogen-bond donors (Lipinski definition) is 2. The highest BCUT2D eigenvalue weighted by atomic mass is 79.9. The van der Waals surface area contributed by atoms with E-state index < -0.39 is 0 Å². The molecule has 1 amide bonds. The lowest BCUT2D eigenvalue weighted by Crippen LogP contribution is -2.27. The molecule has 0 spiro atoms. The quantitative estimate of drug-likeness (QED) is 0.862. The Morgan fingerprint density at radius 2 is 2.24 bits per heavy atom. The van der Waals surface area contributed by atoms with Crippen LogP contribution in [0.2, 0.25) is 0 Å². The summed E-state index contributed by atoms with van der Waals surface area (Å²) in [5.41, 5.74) is 0.501. The summed E-state index contributed by atoms with van der Waals surface area (Å²) in [7, 11) is 0. The molecule has 0 fully saturated rings. The van der Waals surface area contributed by atoms with Gasteiger partial charge in [-0.15, -0.1) is 0 Å². The molecule has 21 heavy (non-hydrogen) atoms. The molecule has 2 aromatic rings. The average molecular weight is 352 g/mol. The zero-order valence-electron chi connectivity index (χ0n) is 12.2. The Morgan fingerprint density at radius 1 is 1.48 bits per heavy atom. The first-order valence-corrected chi connectivity index (χ1v) is 7.57. The highest BCUT2D eigenvalue weighted by Gasteiger charge is 2.17. The molecule has 0 bridgehead atoms. The van der Waals surface area contributed by atoms with Crippen molar-refractivity contribution in [1.82, 2.24) is 10.3 Å². The van der Waals surface area contributed by atoms with Gasteiger partial charge in [0.05, 0.1) is 11.6 Å². The third-order valence-electron chi connectivity index (χ3n) is 2.98. The van der Waals surface area contributed by atoms with Gasteiger partial charge in [0.2, 0.25) is 0 Å². The molecule has 5 nitrogen and oxygen atoms in total. The van der Waals surface area contributed by atoms with Gasteiger partial charge in [0.25, 0.3) is 5.91 Å². The van der Waals surface area contributed by atoms with Crippen molar-refractivity contribution < 1.29 is 9.21 Å². The van der Waals surface area contributed by atoms with Gasteiger partial charge in [-0.1, -0.05) is 0 Å². The third-order valence-corrected chi connectivity index (χ3v) is 3.41. The lowest BCUT2D eigenvalue weighted by Gasteiger charge is -2.14. The van der Waals surface area contributed by atoms with E-state index in [1.165, 1.54) is 0 Å². The van der Waals surface area contributed by atoms with Crippen molar-refractivity contribution in [2.24, 2.45) is 0 Å². The van der Waals surface area contributed by atoms with Crippen LogP contribution in [0, 0.1) is 6.92 Å². The summed E-state index contributed by atoms with van der Waals surface area (Å²) < 4.78 is 6.29. The number of halogens is 1. The monoisotopic (exact) mass is 351 g/mol. The van der Waals surface area contributed by atoms with Crippen molar-refractivity contribution in [3.05, 3.63) is 46.0 Å². The van der Waals surface area contributed by atoms with Crippen LogP contribution in [0.15, 0.2) is 33.3 Å². The number of rotatable bonds is 5. The van der Waals surface area contributed by atoms with Gasteiger partial charge in [0, 0.05) is 17.2 Å². The van der Waals surface area contributed by atoms with Gasteiger partial charge < -0.3 is 15.1 Å². The molecule has 1 atom stereocenters. The molecule has 0 aromatic carbocycles. The predicted octanol–water partition coefficient (Wildman–Crippen LogP) is 3.67. The minimum absolute atomic E-state index is 0.193. The number of aryl methyl sites for hydroxylation is 1. The van der Waals surface area contributed by atoms with E-state index in [0.717, 1.165) is 16.0 Å². The topological polar surface area (TPSA) is 67.2 Å². The van der Waals surface area contributed by atoms with Crippen LogP contribution in [-0.4, -0.2) is 17.4 Å². The van der Waals surface area contributed by atoms with Gasteiger partial charge in [-0.05, 0) is 54.9 Å². The first-order valence-electron chi connectivity index (χ1n) is 6.78. The van der Waals surface area contributed by atoms with Crippen molar-refractivity contribution in [2.75, 3.05) is 11.9 Å². The lowest BCUT2D eigenvalue weighted by atomic mass is 10.2. The Kier molecular flexibility index (Phi) is 5.01. The SMILES string of the molecule is CCNc1ncc(Br)cc1C(=O)NC(C)c1ccc(C)o1. The first kappa shape index (κ1) is 15.6. The second-order valence-electron chi connectivity index (χ2n) is 4.72. The molecular weight excluding hydrogens is 334 g/mol. The molecule has 0 saturated heterocycles. The molecule has 0 saturated carbocycles. The van der Waals surface area contributed by atoms with Gasteiger partial charge in [-0.25, -0.2) is 4.98 Å². The van der Waals surface area contributed by atoms with Crippen LogP contribution in [0.4, 0.5) is 5.82 Å². The maximum Gasteiger partial charge on any atom is 0.255 e. The van der Waals surface area contributed by atoms with Crippen LogP contribution < -0.4 is 10.6 Å². The number of amides is 1. The minimum atomic E-state index is -0.209. The van der Waals surface area contributed by atoms with E-state index in [1.54, 1.807) is 12.3 Å². The summed E-state index contributed by atoms with van der Waals surface area (Å²) in [6.07, 6.45) is 1.66. The summed E-state index contributed by atoms with van der Waals surface area (Å²) in [4.78, 5) is 16.7. The minimum Gasteiger partial charge on any atom is -0.464 e. The summed E-state index contributed by atoms with van der Waals surface area (Å²) in [6.45, 7) is 6.41. The molecule has 0 aliphatic heterocycles. The molecule has 0 aliphatic rings. The molecule has 1 unspecified atom stereocenters. The van der Waals surface area contributed by atoms with Crippen LogP contribution in [-0.2, 0) is 0 Å². The number of furan rings is 1. The van der Waals surface area contributed by atoms with Crippen molar-refractivity contribution in [2.45, 2.75) is 26.8 Å². The second kappa shape index (κ2) is 6.76. The Labute approximate surface area is 132 Å². The summed E-state index contributed by atoms with van der Waals surface area (Å²) in [5, 5.41) is 6.00. The van der Waals surface area contributed by atoms with Crippen LogP contribution in [0.3, 0.4) is 0 Å². The largest absolute Gasteiger partial charge is 0.464 e.